The summed E-state index contributed by atoms with van der Waals surface area (Å²) < 4.78 is 41.3. The minimum atomic E-state index is -4.83. The van der Waals surface area contributed by atoms with Crippen molar-refractivity contribution in [1.29, 1.82) is 0 Å². The summed E-state index contributed by atoms with van der Waals surface area (Å²) in [6.45, 7) is 2.10. The highest BCUT2D eigenvalue weighted by atomic mass is 35.5. The summed E-state index contributed by atoms with van der Waals surface area (Å²) >= 11 is 5.93. The van der Waals surface area contributed by atoms with Gasteiger partial charge in [0.2, 0.25) is 0 Å². The van der Waals surface area contributed by atoms with Gasteiger partial charge in [-0.2, -0.15) is 18.3 Å². The molecule has 0 aliphatic heterocycles. The second kappa shape index (κ2) is 11.5. The summed E-state index contributed by atoms with van der Waals surface area (Å²) in [6, 6.07) is 2.46. The number of amides is 1. The molecule has 12 heteroatoms. The number of nitrogens with zero attached hydrogens (tertiary/aromatic N) is 3. The topological polar surface area (TPSA) is 85.8 Å². The van der Waals surface area contributed by atoms with E-state index in [9.17, 15) is 18.0 Å². The van der Waals surface area contributed by atoms with Crippen LogP contribution >= 0.6 is 36.4 Å². The number of halogens is 6. The fraction of sp³-hybridized carbons (Fsp3) is 0.438. The molecule has 1 amide bonds. The lowest BCUT2D eigenvalue weighted by Gasteiger charge is -2.17. The largest absolute Gasteiger partial charge is 0.434 e. The number of unbranched alkanes of at least 4 members (excludes halogenated alkanes) is 1. The molecule has 2 rings (SSSR count). The number of nitrogens with one attached hydrogen (secondary N) is 1. The maximum Gasteiger partial charge on any atom is 0.434 e. The van der Waals surface area contributed by atoms with Crippen LogP contribution in [0.1, 0.15) is 42.2 Å². The molecule has 0 spiro atoms. The molecule has 6 nitrogen and oxygen atoms in total. The van der Waals surface area contributed by atoms with E-state index >= 15 is 0 Å². The lowest BCUT2D eigenvalue weighted by atomic mass is 10.1. The van der Waals surface area contributed by atoms with Crippen LogP contribution in [-0.2, 0) is 6.18 Å². The first-order valence-corrected chi connectivity index (χ1v) is 8.44. The van der Waals surface area contributed by atoms with Gasteiger partial charge >= 0.3 is 6.18 Å². The number of hydrogen-bond acceptors (Lipinski definition) is 4. The van der Waals surface area contributed by atoms with E-state index in [-0.39, 0.29) is 42.2 Å². The van der Waals surface area contributed by atoms with E-state index < -0.39 is 29.4 Å². The molecule has 28 heavy (non-hydrogen) atoms. The van der Waals surface area contributed by atoms with Gasteiger partial charge in [-0.25, -0.2) is 9.67 Å². The van der Waals surface area contributed by atoms with Crippen molar-refractivity contribution in [2.75, 3.05) is 6.54 Å². The Balaban J connectivity index is 0.00000364. The average Bonchev–Trinajstić information content (AvgIpc) is 3.04. The molecule has 0 aliphatic rings. The monoisotopic (exact) mass is 461 g/mol. The Morgan fingerprint density at radius 1 is 1.39 bits per heavy atom. The van der Waals surface area contributed by atoms with Gasteiger partial charge < -0.3 is 11.1 Å². The quantitative estimate of drug-likeness (QED) is 0.650. The Labute approximate surface area is 177 Å². The molecule has 158 valence electrons. The average molecular weight is 463 g/mol. The third kappa shape index (κ3) is 6.23. The zero-order chi connectivity index (χ0) is 19.3. The normalized spacial score (nSPS) is 11.9. The van der Waals surface area contributed by atoms with Crippen LogP contribution in [0.5, 0.6) is 0 Å². The third-order valence-electron chi connectivity index (χ3n) is 3.75. The molecule has 0 saturated heterocycles. The van der Waals surface area contributed by atoms with Gasteiger partial charge in [0.25, 0.3) is 5.91 Å². The van der Waals surface area contributed by atoms with Gasteiger partial charge in [0, 0.05) is 18.8 Å². The van der Waals surface area contributed by atoms with Gasteiger partial charge in [-0.3, -0.25) is 4.79 Å². The molecule has 0 bridgehead atoms. The van der Waals surface area contributed by atoms with Gasteiger partial charge in [-0.05, 0) is 18.6 Å². The van der Waals surface area contributed by atoms with Gasteiger partial charge in [0.1, 0.15) is 0 Å². The number of nitrogens with two attached hydrogens (primary N) is 1. The van der Waals surface area contributed by atoms with Crippen molar-refractivity contribution in [3.63, 3.8) is 0 Å². The highest BCUT2D eigenvalue weighted by molar-refractivity contribution is 6.32. The van der Waals surface area contributed by atoms with Crippen LogP contribution in [0.3, 0.4) is 0 Å². The first kappa shape index (κ1) is 26.4. The Hall–Kier alpha value is -1.55. The van der Waals surface area contributed by atoms with Crippen LogP contribution in [0, 0.1) is 0 Å². The SMILES string of the molecule is CCCCC(CN)NC(=O)c1cnn(-c2ncccc2Cl)c1C(F)(F)F.Cl.Cl. The molecule has 2 aromatic heterocycles. The first-order chi connectivity index (χ1) is 12.3. The van der Waals surface area contributed by atoms with E-state index in [0.29, 0.717) is 11.1 Å². The Bertz CT molecular complexity index is 770. The van der Waals surface area contributed by atoms with Crippen LogP contribution in [0.15, 0.2) is 24.5 Å². The summed E-state index contributed by atoms with van der Waals surface area (Å²) in [5.74, 6) is -1.09. The molecule has 0 aliphatic carbocycles. The first-order valence-electron chi connectivity index (χ1n) is 8.06. The molecule has 0 aromatic carbocycles. The van der Waals surface area contributed by atoms with Crippen molar-refractivity contribution in [2.24, 2.45) is 5.73 Å². The van der Waals surface area contributed by atoms with Crippen molar-refractivity contribution in [1.82, 2.24) is 20.1 Å². The molecule has 3 N–H and O–H groups in total. The Morgan fingerprint density at radius 3 is 2.61 bits per heavy atom. The van der Waals surface area contributed by atoms with E-state index in [1.165, 1.54) is 18.3 Å². The van der Waals surface area contributed by atoms with Gasteiger partial charge in [-0.15, -0.1) is 24.8 Å². The van der Waals surface area contributed by atoms with E-state index in [2.05, 4.69) is 15.4 Å². The summed E-state index contributed by atoms with van der Waals surface area (Å²) in [5, 5.41) is 6.21. The van der Waals surface area contributed by atoms with Gasteiger partial charge in [0.15, 0.2) is 11.5 Å². The highest BCUT2D eigenvalue weighted by Gasteiger charge is 2.41. The van der Waals surface area contributed by atoms with E-state index in [0.717, 1.165) is 19.0 Å². The van der Waals surface area contributed by atoms with Crippen molar-refractivity contribution in [3.8, 4) is 5.82 Å². The molecule has 2 aromatic rings. The smallest absolute Gasteiger partial charge is 0.348 e. The predicted octanol–water partition coefficient (Wildman–Crippen LogP) is 4.03. The summed E-state index contributed by atoms with van der Waals surface area (Å²) in [4.78, 5) is 16.2. The van der Waals surface area contributed by atoms with Crippen LogP contribution in [0.25, 0.3) is 5.82 Å². The number of aromatic nitrogens is 3. The summed E-state index contributed by atoms with van der Waals surface area (Å²) in [7, 11) is 0. The third-order valence-corrected chi connectivity index (χ3v) is 4.04. The standard InChI is InChI=1S/C16H19ClF3N5O.2ClH/c1-2-3-5-10(8-21)24-15(26)11-9-23-25(13(11)16(18,19)20)14-12(17)6-4-7-22-14;;/h4,6-7,9-10H,2-3,5,8,21H2,1H3,(H,24,26);2*1H. The fourth-order valence-corrected chi connectivity index (χ4v) is 2.65. The van der Waals surface area contributed by atoms with E-state index in [4.69, 9.17) is 17.3 Å². The minimum absolute atomic E-state index is 0. The Kier molecular flexibility index (Phi) is 10.8. The molecule has 2 heterocycles. The molecule has 1 atom stereocenters. The van der Waals surface area contributed by atoms with Gasteiger partial charge in [0.05, 0.1) is 16.8 Å². The van der Waals surface area contributed by atoms with E-state index in [1.807, 2.05) is 6.92 Å². The van der Waals surface area contributed by atoms with Crippen LogP contribution in [0.2, 0.25) is 5.02 Å². The Morgan fingerprint density at radius 2 is 2.07 bits per heavy atom. The van der Waals surface area contributed by atoms with Crippen LogP contribution < -0.4 is 11.1 Å². The van der Waals surface area contributed by atoms with Crippen molar-refractivity contribution >= 4 is 42.3 Å². The van der Waals surface area contributed by atoms with Crippen molar-refractivity contribution < 1.29 is 18.0 Å². The zero-order valence-corrected chi connectivity index (χ0v) is 17.3. The minimum Gasteiger partial charge on any atom is -0.348 e. The molecule has 0 fully saturated rings. The number of carbonyl (C=O) groups is 1. The van der Waals surface area contributed by atoms with Gasteiger partial charge in [-0.1, -0.05) is 31.4 Å². The number of hydrogen-bond donors (Lipinski definition) is 2. The number of rotatable bonds is 7. The second-order valence-corrected chi connectivity index (χ2v) is 6.08. The molecule has 0 saturated carbocycles. The maximum atomic E-state index is 13.6. The van der Waals surface area contributed by atoms with Crippen molar-refractivity contribution in [3.05, 3.63) is 40.8 Å². The molecular formula is C16H21Cl3F3N5O. The van der Waals surface area contributed by atoms with Crippen molar-refractivity contribution in [2.45, 2.75) is 38.4 Å². The lowest BCUT2D eigenvalue weighted by Crippen LogP contribution is -2.40. The highest BCUT2D eigenvalue weighted by Crippen LogP contribution is 2.34. The summed E-state index contributed by atoms with van der Waals surface area (Å²) in [5.41, 5.74) is 3.76. The number of carbonyl (C=O) groups excluding carboxylic acids is 1. The number of alkyl halides is 3. The second-order valence-electron chi connectivity index (χ2n) is 5.67. The van der Waals surface area contributed by atoms with E-state index in [1.54, 1.807) is 0 Å². The molecule has 0 radical (unpaired) electrons. The lowest BCUT2D eigenvalue weighted by molar-refractivity contribution is -0.143. The number of pyridine rings is 1. The van der Waals surface area contributed by atoms with Crippen LogP contribution in [0.4, 0.5) is 13.2 Å². The zero-order valence-electron chi connectivity index (χ0n) is 14.9. The summed E-state index contributed by atoms with van der Waals surface area (Å²) in [6.07, 6.45) is -0.409. The molecular weight excluding hydrogens is 442 g/mol. The maximum absolute atomic E-state index is 13.6. The predicted molar refractivity (Wildman–Crippen MR) is 106 cm³/mol. The fourth-order valence-electron chi connectivity index (χ4n) is 2.44. The molecule has 1 unspecified atom stereocenters. The van der Waals surface area contributed by atoms with Crippen LogP contribution in [-0.4, -0.2) is 33.3 Å².